The molecule has 1 aliphatic heterocycles. The van der Waals surface area contributed by atoms with Gasteiger partial charge in [-0.1, -0.05) is 41.5 Å². The number of carboxylic acids is 2. The first kappa shape index (κ1) is 41.2. The molecule has 1 fully saturated rings. The first-order valence-corrected chi connectivity index (χ1v) is 16.4. The van der Waals surface area contributed by atoms with Crippen LogP contribution in [0, 0.1) is 17.8 Å². The Kier molecular flexibility index (Phi) is 17.9. The van der Waals surface area contributed by atoms with Gasteiger partial charge in [0.25, 0.3) is 0 Å². The topological polar surface area (TPSA) is 258 Å². The Hall–Kier alpha value is -3.79. The van der Waals surface area contributed by atoms with E-state index in [2.05, 4.69) is 31.9 Å². The van der Waals surface area contributed by atoms with Gasteiger partial charge in [0.05, 0.1) is 12.5 Å². The van der Waals surface area contributed by atoms with Crippen molar-refractivity contribution in [3.05, 3.63) is 0 Å². The van der Waals surface area contributed by atoms with Crippen LogP contribution in [-0.4, -0.2) is 101 Å². The Balaban J connectivity index is 3.13. The molecule has 0 spiro atoms. The minimum Gasteiger partial charge on any atom is -0.481 e. The number of hydrogen-bond donors (Lipinski definition) is 9. The third-order valence-electron chi connectivity index (χ3n) is 7.78. The van der Waals surface area contributed by atoms with E-state index in [0.717, 1.165) is 6.42 Å². The number of unbranched alkanes of at least 4 members (excludes halogenated alkanes) is 1. The van der Waals surface area contributed by atoms with Crippen LogP contribution in [0.25, 0.3) is 0 Å². The summed E-state index contributed by atoms with van der Waals surface area (Å²) >= 11 is 0. The summed E-state index contributed by atoms with van der Waals surface area (Å²) < 4.78 is 0. The smallest absolute Gasteiger partial charge is 0.326 e. The average Bonchev–Trinajstić information content (AvgIpc) is 3.51. The Morgan fingerprint density at radius 1 is 0.723 bits per heavy atom. The van der Waals surface area contributed by atoms with Gasteiger partial charge in [-0.2, -0.15) is 0 Å². The molecule has 0 aromatic rings. The Morgan fingerprint density at radius 3 is 1.72 bits per heavy atom. The minimum absolute atomic E-state index is 0.0317. The number of rotatable bonds is 21. The molecule has 1 aliphatic rings. The van der Waals surface area contributed by atoms with Gasteiger partial charge >= 0.3 is 11.9 Å². The van der Waals surface area contributed by atoms with Crippen LogP contribution in [0.4, 0.5) is 0 Å². The summed E-state index contributed by atoms with van der Waals surface area (Å²) in [7, 11) is 0. The van der Waals surface area contributed by atoms with Crippen LogP contribution in [0.2, 0.25) is 0 Å². The highest BCUT2D eigenvalue weighted by molar-refractivity contribution is 5.96. The monoisotopic (exact) mass is 669 g/mol. The molecular weight excluding hydrogens is 614 g/mol. The van der Waals surface area contributed by atoms with Gasteiger partial charge in [-0.15, -0.1) is 0 Å². The molecule has 0 saturated carbocycles. The van der Waals surface area contributed by atoms with E-state index in [1.165, 1.54) is 0 Å². The van der Waals surface area contributed by atoms with Gasteiger partial charge in [0.2, 0.25) is 29.5 Å². The van der Waals surface area contributed by atoms with Gasteiger partial charge in [0.1, 0.15) is 30.2 Å². The number of amides is 5. The SMILES string of the molecule is CC(C)C[C@H](NC(=O)[C@@H](NC(=O)[C@@H]1CCCN1)C(C)C)C(=O)N[C@H](C(=O)N[C@@H](CCCCN)C(=O)N[C@@H](CC(=O)O)C(=O)O)C(C)C. The molecule has 16 nitrogen and oxygen atoms in total. The molecule has 16 heteroatoms. The highest BCUT2D eigenvalue weighted by atomic mass is 16.4. The molecule has 0 radical (unpaired) electrons. The zero-order valence-electron chi connectivity index (χ0n) is 28.4. The maximum atomic E-state index is 13.6. The number of carboxylic acid groups (broad SMARTS) is 2. The van der Waals surface area contributed by atoms with Crippen molar-refractivity contribution in [3.8, 4) is 0 Å². The molecule has 1 rings (SSSR count). The second-order valence-electron chi connectivity index (χ2n) is 13.1. The van der Waals surface area contributed by atoms with Gasteiger partial charge in [0.15, 0.2) is 0 Å². The molecule has 0 bridgehead atoms. The standard InChI is InChI=1S/C31H55N7O9/c1-16(2)14-21(35-30(45)25(18(5)6)37-26(41)19-11-9-13-33-19)28(43)38-24(17(3)4)29(44)34-20(10-7-8-12-32)27(42)36-22(31(46)47)15-23(39)40/h16-22,24-25,33H,7-15,32H2,1-6H3,(H,34,44)(H,35,45)(H,36,42)(H,37,41)(H,38,43)(H,39,40)(H,46,47)/t19-,20-,21-,22-,24-,25-/m0/s1. The summed E-state index contributed by atoms with van der Waals surface area (Å²) in [6, 6.07) is -6.45. The lowest BCUT2D eigenvalue weighted by molar-refractivity contribution is -0.147. The average molecular weight is 670 g/mol. The molecule has 0 aliphatic carbocycles. The van der Waals surface area contributed by atoms with Gasteiger partial charge in [-0.3, -0.25) is 28.8 Å². The van der Waals surface area contributed by atoms with Crippen LogP contribution >= 0.6 is 0 Å². The Morgan fingerprint density at radius 2 is 1.26 bits per heavy atom. The van der Waals surface area contributed by atoms with Crippen molar-refractivity contribution in [3.63, 3.8) is 0 Å². The van der Waals surface area contributed by atoms with Crippen LogP contribution in [0.15, 0.2) is 0 Å². The van der Waals surface area contributed by atoms with Gasteiger partial charge < -0.3 is 47.8 Å². The van der Waals surface area contributed by atoms with E-state index < -0.39 is 84.2 Å². The van der Waals surface area contributed by atoms with E-state index >= 15 is 0 Å². The number of carbonyl (C=O) groups is 7. The molecular formula is C31H55N7O9. The lowest BCUT2D eigenvalue weighted by Crippen LogP contribution is -2.61. The summed E-state index contributed by atoms with van der Waals surface area (Å²) in [5.41, 5.74) is 5.56. The van der Waals surface area contributed by atoms with E-state index in [4.69, 9.17) is 10.8 Å². The van der Waals surface area contributed by atoms with Crippen LogP contribution in [0.3, 0.4) is 0 Å². The summed E-state index contributed by atoms with van der Waals surface area (Å²) in [5.74, 6) is -6.84. The molecule has 268 valence electrons. The normalized spacial score (nSPS) is 17.7. The predicted molar refractivity (Wildman–Crippen MR) is 173 cm³/mol. The van der Waals surface area contributed by atoms with E-state index in [0.29, 0.717) is 32.4 Å². The van der Waals surface area contributed by atoms with Gasteiger partial charge in [-0.25, -0.2) is 4.79 Å². The quantitative estimate of drug-likeness (QED) is 0.0684. The fourth-order valence-corrected chi connectivity index (χ4v) is 5.12. The van der Waals surface area contributed by atoms with Gasteiger partial charge in [0, 0.05) is 0 Å². The third kappa shape index (κ3) is 14.7. The van der Waals surface area contributed by atoms with Crippen molar-refractivity contribution in [2.75, 3.05) is 13.1 Å². The second kappa shape index (κ2) is 20.4. The molecule has 0 unspecified atom stereocenters. The van der Waals surface area contributed by atoms with Crippen LogP contribution in [0.1, 0.15) is 86.5 Å². The molecule has 1 heterocycles. The van der Waals surface area contributed by atoms with Crippen molar-refractivity contribution in [2.45, 2.75) is 123 Å². The molecule has 6 atom stereocenters. The van der Waals surface area contributed by atoms with E-state index in [-0.39, 0.29) is 30.6 Å². The number of hydrogen-bond acceptors (Lipinski definition) is 9. The second-order valence-corrected chi connectivity index (χ2v) is 13.1. The first-order valence-electron chi connectivity index (χ1n) is 16.4. The lowest BCUT2D eigenvalue weighted by Gasteiger charge is -2.29. The summed E-state index contributed by atoms with van der Waals surface area (Å²) in [4.78, 5) is 88.9. The van der Waals surface area contributed by atoms with Crippen molar-refractivity contribution in [1.29, 1.82) is 0 Å². The van der Waals surface area contributed by atoms with Crippen molar-refractivity contribution in [1.82, 2.24) is 31.9 Å². The zero-order valence-corrected chi connectivity index (χ0v) is 28.4. The van der Waals surface area contributed by atoms with E-state index in [1.54, 1.807) is 27.7 Å². The van der Waals surface area contributed by atoms with Crippen molar-refractivity contribution >= 4 is 41.5 Å². The highest BCUT2D eigenvalue weighted by Crippen LogP contribution is 2.12. The number of carbonyl (C=O) groups excluding carboxylic acids is 5. The fourth-order valence-electron chi connectivity index (χ4n) is 5.12. The molecule has 47 heavy (non-hydrogen) atoms. The summed E-state index contributed by atoms with van der Waals surface area (Å²) in [6.07, 6.45) is 1.87. The molecule has 5 amide bonds. The Bertz CT molecular complexity index is 1090. The van der Waals surface area contributed by atoms with Crippen LogP contribution in [0.5, 0.6) is 0 Å². The van der Waals surface area contributed by atoms with Crippen molar-refractivity contribution in [2.24, 2.45) is 23.5 Å². The number of aliphatic carboxylic acids is 2. The maximum Gasteiger partial charge on any atom is 0.326 e. The molecule has 0 aromatic heterocycles. The van der Waals surface area contributed by atoms with Crippen LogP contribution < -0.4 is 37.6 Å². The first-order chi connectivity index (χ1) is 22.0. The fraction of sp³-hybridized carbons (Fsp3) is 0.774. The molecule has 10 N–H and O–H groups in total. The minimum atomic E-state index is -1.72. The van der Waals surface area contributed by atoms with Crippen LogP contribution in [-0.2, 0) is 33.6 Å². The Labute approximate surface area is 276 Å². The number of nitrogens with two attached hydrogens (primary N) is 1. The molecule has 1 saturated heterocycles. The summed E-state index contributed by atoms with van der Waals surface area (Å²) in [5, 5.41) is 34.5. The van der Waals surface area contributed by atoms with Crippen molar-refractivity contribution < 1.29 is 43.8 Å². The summed E-state index contributed by atoms with van der Waals surface area (Å²) in [6.45, 7) is 11.7. The number of nitrogens with one attached hydrogen (secondary N) is 6. The largest absolute Gasteiger partial charge is 0.481 e. The predicted octanol–water partition coefficient (Wildman–Crippen LogP) is -0.791. The van der Waals surface area contributed by atoms with Gasteiger partial charge in [-0.05, 0) is 69.4 Å². The third-order valence-corrected chi connectivity index (χ3v) is 7.78. The van der Waals surface area contributed by atoms with E-state index in [9.17, 15) is 38.7 Å². The highest BCUT2D eigenvalue weighted by Gasteiger charge is 2.35. The zero-order chi connectivity index (χ0) is 35.8. The molecule has 0 aromatic carbocycles. The lowest BCUT2D eigenvalue weighted by atomic mass is 9.98. The van der Waals surface area contributed by atoms with E-state index in [1.807, 2.05) is 13.8 Å². The maximum absolute atomic E-state index is 13.6.